The summed E-state index contributed by atoms with van der Waals surface area (Å²) in [6.07, 6.45) is 6.04. The minimum atomic E-state index is -0.989. The number of anilines is 2. The van der Waals surface area contributed by atoms with Gasteiger partial charge in [0.2, 0.25) is 0 Å². The number of benzene rings is 1. The van der Waals surface area contributed by atoms with E-state index in [1.54, 1.807) is 18.5 Å². The SMILES string of the molecule is O=C(O)c1ccc2c(Nc3cncnc3)ncnc2c1. The molecule has 0 spiro atoms. The summed E-state index contributed by atoms with van der Waals surface area (Å²) in [6, 6.07) is 4.69. The number of rotatable bonds is 3. The number of hydrogen-bond donors (Lipinski definition) is 2. The molecule has 2 heterocycles. The highest BCUT2D eigenvalue weighted by molar-refractivity contribution is 5.96. The molecule has 0 aliphatic heterocycles. The molecule has 2 N–H and O–H groups in total. The van der Waals surface area contributed by atoms with Gasteiger partial charge in [-0.25, -0.2) is 24.7 Å². The van der Waals surface area contributed by atoms with E-state index in [9.17, 15) is 4.79 Å². The van der Waals surface area contributed by atoms with Crippen LogP contribution in [0.5, 0.6) is 0 Å². The molecular formula is C13H9N5O2. The van der Waals surface area contributed by atoms with E-state index >= 15 is 0 Å². The molecule has 0 aliphatic rings. The highest BCUT2D eigenvalue weighted by Crippen LogP contribution is 2.23. The maximum absolute atomic E-state index is 10.9. The number of aromatic carboxylic acids is 1. The van der Waals surface area contributed by atoms with E-state index in [4.69, 9.17) is 5.11 Å². The molecule has 2 aromatic heterocycles. The minimum absolute atomic E-state index is 0.185. The van der Waals surface area contributed by atoms with E-state index in [1.165, 1.54) is 24.8 Å². The van der Waals surface area contributed by atoms with Crippen LogP contribution in [-0.2, 0) is 0 Å². The van der Waals surface area contributed by atoms with Gasteiger partial charge >= 0.3 is 5.97 Å². The van der Waals surface area contributed by atoms with Gasteiger partial charge in [0, 0.05) is 5.39 Å². The Morgan fingerprint density at radius 3 is 2.65 bits per heavy atom. The van der Waals surface area contributed by atoms with Gasteiger partial charge in [0.1, 0.15) is 18.5 Å². The van der Waals surface area contributed by atoms with Crippen molar-refractivity contribution in [2.45, 2.75) is 0 Å². The summed E-state index contributed by atoms with van der Waals surface area (Å²) in [7, 11) is 0. The van der Waals surface area contributed by atoms with Gasteiger partial charge in [-0.05, 0) is 18.2 Å². The van der Waals surface area contributed by atoms with Gasteiger partial charge in [-0.3, -0.25) is 0 Å². The predicted octanol–water partition coefficient (Wildman–Crippen LogP) is 1.86. The van der Waals surface area contributed by atoms with Crippen molar-refractivity contribution < 1.29 is 9.90 Å². The number of carbonyl (C=O) groups is 1. The van der Waals surface area contributed by atoms with Gasteiger partial charge in [-0.1, -0.05) is 0 Å². The third-order valence-electron chi connectivity index (χ3n) is 2.71. The Hall–Kier alpha value is -3.09. The van der Waals surface area contributed by atoms with E-state index in [2.05, 4.69) is 25.3 Å². The summed E-state index contributed by atoms with van der Waals surface area (Å²) in [5, 5.41) is 12.8. The Bertz CT molecular complexity index is 776. The predicted molar refractivity (Wildman–Crippen MR) is 71.8 cm³/mol. The average Bonchev–Trinajstić information content (AvgIpc) is 2.48. The molecule has 20 heavy (non-hydrogen) atoms. The maximum atomic E-state index is 10.9. The molecule has 0 saturated heterocycles. The zero-order valence-corrected chi connectivity index (χ0v) is 10.2. The molecule has 0 fully saturated rings. The summed E-state index contributed by atoms with van der Waals surface area (Å²) < 4.78 is 0. The molecule has 0 aliphatic carbocycles. The molecule has 0 atom stereocenters. The molecule has 1 aromatic carbocycles. The summed E-state index contributed by atoms with van der Waals surface area (Å²) >= 11 is 0. The Kier molecular flexibility index (Phi) is 2.92. The Morgan fingerprint density at radius 2 is 1.90 bits per heavy atom. The van der Waals surface area contributed by atoms with Gasteiger partial charge in [0.05, 0.1) is 29.2 Å². The van der Waals surface area contributed by atoms with Crippen LogP contribution in [0.4, 0.5) is 11.5 Å². The van der Waals surface area contributed by atoms with E-state index < -0.39 is 5.97 Å². The lowest BCUT2D eigenvalue weighted by Gasteiger charge is -2.07. The lowest BCUT2D eigenvalue weighted by atomic mass is 10.1. The van der Waals surface area contributed by atoms with Gasteiger partial charge in [0.15, 0.2) is 0 Å². The number of hydrogen-bond acceptors (Lipinski definition) is 6. The Balaban J connectivity index is 2.06. The van der Waals surface area contributed by atoms with Crippen LogP contribution >= 0.6 is 0 Å². The van der Waals surface area contributed by atoms with E-state index in [-0.39, 0.29) is 5.56 Å². The van der Waals surface area contributed by atoms with Crippen LogP contribution in [0.25, 0.3) is 10.9 Å². The molecule has 7 heteroatoms. The Labute approximate surface area is 113 Å². The first-order chi connectivity index (χ1) is 9.74. The van der Waals surface area contributed by atoms with Crippen LogP contribution in [0, 0.1) is 0 Å². The largest absolute Gasteiger partial charge is 0.478 e. The second-order valence-corrected chi connectivity index (χ2v) is 4.01. The second kappa shape index (κ2) is 4.88. The van der Waals surface area contributed by atoms with Crippen LogP contribution in [0.2, 0.25) is 0 Å². The first-order valence-electron chi connectivity index (χ1n) is 5.74. The monoisotopic (exact) mass is 267 g/mol. The smallest absolute Gasteiger partial charge is 0.335 e. The number of nitrogens with zero attached hydrogens (tertiary/aromatic N) is 4. The molecule has 0 unspecified atom stereocenters. The average molecular weight is 267 g/mol. The number of aromatic nitrogens is 4. The third-order valence-corrected chi connectivity index (χ3v) is 2.71. The van der Waals surface area contributed by atoms with Crippen molar-refractivity contribution in [3.8, 4) is 0 Å². The lowest BCUT2D eigenvalue weighted by molar-refractivity contribution is 0.0697. The van der Waals surface area contributed by atoms with Crippen molar-refractivity contribution in [2.24, 2.45) is 0 Å². The van der Waals surface area contributed by atoms with Crippen molar-refractivity contribution in [3.05, 3.63) is 48.8 Å². The fourth-order valence-corrected chi connectivity index (χ4v) is 1.79. The molecule has 3 aromatic rings. The summed E-state index contributed by atoms with van der Waals surface area (Å²) in [5.41, 5.74) is 1.43. The first-order valence-corrected chi connectivity index (χ1v) is 5.74. The summed E-state index contributed by atoms with van der Waals surface area (Å²) in [4.78, 5) is 27.0. The van der Waals surface area contributed by atoms with Crippen LogP contribution in [0.3, 0.4) is 0 Å². The number of carboxylic acid groups (broad SMARTS) is 1. The highest BCUT2D eigenvalue weighted by Gasteiger charge is 2.08. The molecule has 0 amide bonds. The standard InChI is InChI=1S/C13H9N5O2/c19-13(20)8-1-2-10-11(3-8)16-7-17-12(10)18-9-4-14-6-15-5-9/h1-7H,(H,19,20)(H,16,17,18). The zero-order valence-electron chi connectivity index (χ0n) is 10.2. The van der Waals surface area contributed by atoms with Crippen molar-refractivity contribution in [2.75, 3.05) is 5.32 Å². The van der Waals surface area contributed by atoms with Crippen molar-refractivity contribution in [1.29, 1.82) is 0 Å². The fourth-order valence-electron chi connectivity index (χ4n) is 1.79. The fraction of sp³-hybridized carbons (Fsp3) is 0. The Morgan fingerprint density at radius 1 is 1.10 bits per heavy atom. The normalized spacial score (nSPS) is 10.4. The molecule has 0 bridgehead atoms. The van der Waals surface area contributed by atoms with Crippen LogP contribution < -0.4 is 5.32 Å². The quantitative estimate of drug-likeness (QED) is 0.746. The minimum Gasteiger partial charge on any atom is -0.478 e. The van der Waals surface area contributed by atoms with Crippen molar-refractivity contribution >= 4 is 28.4 Å². The van der Waals surface area contributed by atoms with Gasteiger partial charge in [-0.15, -0.1) is 0 Å². The number of fused-ring (bicyclic) bond motifs is 1. The van der Waals surface area contributed by atoms with Crippen LogP contribution in [-0.4, -0.2) is 31.0 Å². The van der Waals surface area contributed by atoms with Crippen molar-refractivity contribution in [3.63, 3.8) is 0 Å². The summed E-state index contributed by atoms with van der Waals surface area (Å²) in [5.74, 6) is -0.418. The van der Waals surface area contributed by atoms with Crippen LogP contribution in [0.15, 0.2) is 43.2 Å². The molecular weight excluding hydrogens is 258 g/mol. The molecule has 0 saturated carbocycles. The molecule has 0 radical (unpaired) electrons. The van der Waals surface area contributed by atoms with Gasteiger partial charge < -0.3 is 10.4 Å². The maximum Gasteiger partial charge on any atom is 0.335 e. The highest BCUT2D eigenvalue weighted by atomic mass is 16.4. The van der Waals surface area contributed by atoms with Gasteiger partial charge in [0.25, 0.3) is 0 Å². The van der Waals surface area contributed by atoms with Gasteiger partial charge in [-0.2, -0.15) is 0 Å². The first kappa shape index (κ1) is 12.0. The number of carboxylic acids is 1. The molecule has 7 nitrogen and oxygen atoms in total. The third kappa shape index (κ3) is 2.24. The van der Waals surface area contributed by atoms with E-state index in [1.807, 2.05) is 0 Å². The molecule has 3 rings (SSSR count). The molecule has 98 valence electrons. The topological polar surface area (TPSA) is 101 Å². The number of nitrogens with one attached hydrogen (secondary N) is 1. The van der Waals surface area contributed by atoms with E-state index in [0.29, 0.717) is 17.0 Å². The summed E-state index contributed by atoms with van der Waals surface area (Å²) in [6.45, 7) is 0. The van der Waals surface area contributed by atoms with Crippen LogP contribution in [0.1, 0.15) is 10.4 Å². The van der Waals surface area contributed by atoms with E-state index in [0.717, 1.165) is 5.39 Å². The van der Waals surface area contributed by atoms with Crippen molar-refractivity contribution in [1.82, 2.24) is 19.9 Å². The lowest BCUT2D eigenvalue weighted by Crippen LogP contribution is -1.99. The zero-order chi connectivity index (χ0) is 13.9. The second-order valence-electron chi connectivity index (χ2n) is 4.01.